The molecule has 1 aromatic carbocycles. The van der Waals surface area contributed by atoms with Crippen LogP contribution in [0.1, 0.15) is 43.2 Å². The van der Waals surface area contributed by atoms with E-state index in [0.29, 0.717) is 29.8 Å². The second-order valence-electron chi connectivity index (χ2n) is 10.5. The highest BCUT2D eigenvalue weighted by Gasteiger charge is 2.57. The minimum absolute atomic E-state index is 0.00497. The van der Waals surface area contributed by atoms with Gasteiger partial charge < -0.3 is 26.6 Å². The number of alkyl halides is 2. The first-order valence-electron chi connectivity index (χ1n) is 13.3. The highest BCUT2D eigenvalue weighted by atomic mass is 19.3. The van der Waals surface area contributed by atoms with Gasteiger partial charge in [-0.05, 0) is 67.5 Å². The zero-order valence-corrected chi connectivity index (χ0v) is 22.0. The fraction of sp³-hybridized carbons (Fsp3) is 0.536. The fourth-order valence-electron chi connectivity index (χ4n) is 5.40. The Kier molecular flexibility index (Phi) is 9.10. The standard InChI is InChI=1S/C28H35F3N6O2/c1-17-6-23(37-5-4-28(16-33,27(37)39)21-2-3-21)10-24(36-17)25(38)14-34-12-18-7-19(9-22(29)8-18)20(11-32)13-35-15-26(30)31/h6-10,20-21,24,26,34-36H,2-5,11-15,32H2,1H3. The number of likely N-dealkylation sites (tertiary alicyclic amines) is 1. The van der Waals surface area contributed by atoms with E-state index in [1.165, 1.54) is 12.1 Å². The van der Waals surface area contributed by atoms with Gasteiger partial charge in [-0.1, -0.05) is 6.07 Å². The summed E-state index contributed by atoms with van der Waals surface area (Å²) in [6.07, 6.45) is 3.33. The largest absolute Gasteiger partial charge is 0.376 e. The van der Waals surface area contributed by atoms with Crippen molar-refractivity contribution < 1.29 is 22.8 Å². The molecule has 3 unspecified atom stereocenters. The van der Waals surface area contributed by atoms with E-state index in [9.17, 15) is 28.0 Å². The number of nitrogens with zero attached hydrogens (tertiary/aromatic N) is 2. The van der Waals surface area contributed by atoms with Crippen LogP contribution < -0.4 is 21.7 Å². The van der Waals surface area contributed by atoms with Crippen LogP contribution in [0.15, 0.2) is 41.7 Å². The maximum Gasteiger partial charge on any atom is 0.250 e. The first kappa shape index (κ1) is 28.8. The first-order chi connectivity index (χ1) is 18.7. The summed E-state index contributed by atoms with van der Waals surface area (Å²) in [5.74, 6) is -1.03. The molecule has 2 fully saturated rings. The fourth-order valence-corrected chi connectivity index (χ4v) is 5.40. The number of nitrogens with two attached hydrogens (primary N) is 1. The van der Waals surface area contributed by atoms with Gasteiger partial charge in [0.2, 0.25) is 5.91 Å². The Morgan fingerprint density at radius 2 is 2.05 bits per heavy atom. The van der Waals surface area contributed by atoms with E-state index in [4.69, 9.17) is 5.73 Å². The molecule has 210 valence electrons. The minimum atomic E-state index is -2.48. The van der Waals surface area contributed by atoms with Gasteiger partial charge >= 0.3 is 0 Å². The van der Waals surface area contributed by atoms with Crippen LogP contribution in [-0.4, -0.2) is 61.8 Å². The molecule has 1 amide bonds. The smallest absolute Gasteiger partial charge is 0.250 e. The molecule has 3 atom stereocenters. The van der Waals surface area contributed by atoms with Crippen LogP contribution >= 0.6 is 0 Å². The van der Waals surface area contributed by atoms with Crippen LogP contribution in [0.5, 0.6) is 0 Å². The van der Waals surface area contributed by atoms with Crippen LogP contribution in [0.3, 0.4) is 0 Å². The lowest BCUT2D eigenvalue weighted by molar-refractivity contribution is -0.132. The lowest BCUT2D eigenvalue weighted by Crippen LogP contribution is -2.43. The number of hydrogen-bond acceptors (Lipinski definition) is 7. The molecular weight excluding hydrogens is 509 g/mol. The molecular formula is C28H35F3N6O2. The second-order valence-corrected chi connectivity index (χ2v) is 10.5. The summed E-state index contributed by atoms with van der Waals surface area (Å²) < 4.78 is 39.2. The van der Waals surface area contributed by atoms with Gasteiger partial charge in [-0.25, -0.2) is 13.2 Å². The molecule has 5 N–H and O–H groups in total. The number of Topliss-reactive ketones (excluding diaryl/α,β-unsaturated/α-hetero) is 1. The third kappa shape index (κ3) is 6.69. The number of benzene rings is 1. The Morgan fingerprint density at radius 3 is 2.72 bits per heavy atom. The van der Waals surface area contributed by atoms with Gasteiger partial charge in [-0.15, -0.1) is 0 Å². The van der Waals surface area contributed by atoms with Gasteiger partial charge in [0, 0.05) is 43.5 Å². The highest BCUT2D eigenvalue weighted by Crippen LogP contribution is 2.52. The van der Waals surface area contributed by atoms with E-state index in [0.717, 1.165) is 18.5 Å². The molecule has 8 nitrogen and oxygen atoms in total. The number of dihydropyridines is 1. The Labute approximate surface area is 226 Å². The number of allylic oxidation sites excluding steroid dienone is 2. The predicted octanol–water partition coefficient (Wildman–Crippen LogP) is 2.29. The number of carbonyl (C=O) groups excluding carboxylic acids is 2. The average Bonchev–Trinajstić information content (AvgIpc) is 3.69. The molecule has 0 aromatic heterocycles. The van der Waals surface area contributed by atoms with Crippen molar-refractivity contribution in [3.05, 3.63) is 58.7 Å². The summed E-state index contributed by atoms with van der Waals surface area (Å²) in [6, 6.07) is 6.07. The Bertz CT molecular complexity index is 1190. The molecule has 2 aliphatic heterocycles. The summed E-state index contributed by atoms with van der Waals surface area (Å²) in [7, 11) is 0. The van der Waals surface area contributed by atoms with Crippen molar-refractivity contribution in [1.82, 2.24) is 20.9 Å². The number of ketones is 1. The molecule has 0 bridgehead atoms. The van der Waals surface area contributed by atoms with Crippen LogP contribution in [0.2, 0.25) is 0 Å². The van der Waals surface area contributed by atoms with Crippen molar-refractivity contribution in [3.8, 4) is 6.07 Å². The van der Waals surface area contributed by atoms with E-state index in [2.05, 4.69) is 22.0 Å². The quantitative estimate of drug-likeness (QED) is 0.301. The molecule has 2 heterocycles. The van der Waals surface area contributed by atoms with Gasteiger partial charge in [0.1, 0.15) is 17.3 Å². The number of rotatable bonds is 13. The third-order valence-electron chi connectivity index (χ3n) is 7.63. The average molecular weight is 545 g/mol. The molecule has 3 aliphatic rings. The first-order valence-corrected chi connectivity index (χ1v) is 13.3. The molecule has 39 heavy (non-hydrogen) atoms. The number of carbonyl (C=O) groups is 2. The van der Waals surface area contributed by atoms with Crippen molar-refractivity contribution in [2.45, 2.75) is 51.1 Å². The van der Waals surface area contributed by atoms with Crippen LogP contribution in [0.4, 0.5) is 13.2 Å². The van der Waals surface area contributed by atoms with E-state index < -0.39 is 30.2 Å². The topological polar surface area (TPSA) is 123 Å². The summed E-state index contributed by atoms with van der Waals surface area (Å²) in [6.45, 7) is 2.37. The van der Waals surface area contributed by atoms with Gasteiger partial charge in [-0.3, -0.25) is 9.59 Å². The molecule has 1 aliphatic carbocycles. The zero-order chi connectivity index (χ0) is 28.2. The number of hydrogen-bond donors (Lipinski definition) is 4. The summed E-state index contributed by atoms with van der Waals surface area (Å²) in [5.41, 5.74) is 7.39. The monoisotopic (exact) mass is 544 g/mol. The van der Waals surface area contributed by atoms with E-state index >= 15 is 0 Å². The Morgan fingerprint density at radius 1 is 1.28 bits per heavy atom. The third-order valence-corrected chi connectivity index (χ3v) is 7.63. The maximum atomic E-state index is 14.3. The molecule has 1 aromatic rings. The van der Waals surface area contributed by atoms with Gasteiger partial charge in [0.05, 0.1) is 19.2 Å². The van der Waals surface area contributed by atoms with Gasteiger partial charge in [0.15, 0.2) is 5.78 Å². The predicted molar refractivity (Wildman–Crippen MR) is 140 cm³/mol. The lowest BCUT2D eigenvalue weighted by Gasteiger charge is -2.27. The van der Waals surface area contributed by atoms with Gasteiger partial charge in [-0.2, -0.15) is 5.26 Å². The van der Waals surface area contributed by atoms with Crippen molar-refractivity contribution >= 4 is 11.7 Å². The van der Waals surface area contributed by atoms with Crippen molar-refractivity contribution in [3.63, 3.8) is 0 Å². The van der Waals surface area contributed by atoms with Crippen molar-refractivity contribution in [2.75, 3.05) is 32.7 Å². The minimum Gasteiger partial charge on any atom is -0.376 e. The normalized spacial score (nSPS) is 23.8. The molecule has 0 spiro atoms. The molecule has 0 radical (unpaired) electrons. The van der Waals surface area contributed by atoms with Crippen molar-refractivity contribution in [1.29, 1.82) is 5.26 Å². The molecule has 4 rings (SSSR count). The van der Waals surface area contributed by atoms with Crippen LogP contribution in [-0.2, 0) is 16.1 Å². The molecule has 1 saturated heterocycles. The second kappa shape index (κ2) is 12.3. The van der Waals surface area contributed by atoms with E-state index in [-0.39, 0.29) is 49.7 Å². The molecule has 1 saturated carbocycles. The summed E-state index contributed by atoms with van der Waals surface area (Å²) in [5, 5.41) is 18.6. The van der Waals surface area contributed by atoms with E-state index in [1.54, 1.807) is 17.0 Å². The van der Waals surface area contributed by atoms with Gasteiger partial charge in [0.25, 0.3) is 6.43 Å². The number of halogens is 3. The highest BCUT2D eigenvalue weighted by molar-refractivity contribution is 5.92. The lowest BCUT2D eigenvalue weighted by atomic mass is 9.82. The summed E-state index contributed by atoms with van der Waals surface area (Å²) >= 11 is 0. The molecule has 11 heteroatoms. The number of nitrogens with one attached hydrogen (secondary N) is 3. The maximum absolute atomic E-state index is 14.3. The summed E-state index contributed by atoms with van der Waals surface area (Å²) in [4.78, 5) is 27.9. The van der Waals surface area contributed by atoms with Crippen molar-refractivity contribution in [2.24, 2.45) is 17.1 Å². The number of nitriles is 1. The van der Waals surface area contributed by atoms with E-state index in [1.807, 2.05) is 13.0 Å². The van der Waals surface area contributed by atoms with Crippen LogP contribution in [0.25, 0.3) is 0 Å². The Balaban J connectivity index is 1.36. The zero-order valence-electron chi connectivity index (χ0n) is 22.0. The SMILES string of the molecule is CC1=CC(N2CCC(C#N)(C3CC3)C2=O)=CC(C(=O)CNCc2cc(F)cc(C(CN)CNCC(F)F)c2)N1. The Hall–Kier alpha value is -3.20. The number of amides is 1. The van der Waals surface area contributed by atoms with Crippen LogP contribution in [0, 0.1) is 28.5 Å².